The van der Waals surface area contributed by atoms with Crippen molar-refractivity contribution in [2.45, 2.75) is 4.90 Å². The van der Waals surface area contributed by atoms with E-state index < -0.39 is 10.0 Å². The summed E-state index contributed by atoms with van der Waals surface area (Å²) in [5.41, 5.74) is 0.764. The quantitative estimate of drug-likeness (QED) is 0.777. The van der Waals surface area contributed by atoms with Gasteiger partial charge in [-0.2, -0.15) is 0 Å². The van der Waals surface area contributed by atoms with E-state index in [1.54, 1.807) is 12.1 Å². The van der Waals surface area contributed by atoms with Gasteiger partial charge in [0.05, 0.1) is 11.4 Å². The number of hydrogen-bond acceptors (Lipinski definition) is 4. The van der Waals surface area contributed by atoms with Crippen LogP contribution in [0.4, 0.5) is 0 Å². The van der Waals surface area contributed by atoms with Gasteiger partial charge in [-0.15, -0.1) is 0 Å². The van der Waals surface area contributed by atoms with Gasteiger partial charge in [-0.3, -0.25) is 0 Å². The highest BCUT2D eigenvalue weighted by molar-refractivity contribution is 7.89. The third-order valence-electron chi connectivity index (χ3n) is 2.02. The summed E-state index contributed by atoms with van der Waals surface area (Å²) >= 11 is 0. The lowest BCUT2D eigenvalue weighted by molar-refractivity contribution is 0.348. The number of sulfonamides is 1. The fourth-order valence-corrected chi connectivity index (χ4v) is 1.81. The summed E-state index contributed by atoms with van der Waals surface area (Å²) < 4.78 is 27.2. The molecule has 1 aliphatic heterocycles. The van der Waals surface area contributed by atoms with Gasteiger partial charge in [-0.25, -0.2) is 18.5 Å². The molecule has 6 heteroatoms. The number of hydrogen-bond donors (Lipinski definition) is 1. The van der Waals surface area contributed by atoms with Crippen LogP contribution >= 0.6 is 0 Å². The molecule has 15 heavy (non-hydrogen) atoms. The zero-order valence-electron chi connectivity index (χ0n) is 7.88. The third kappa shape index (κ3) is 2.16. The highest BCUT2D eigenvalue weighted by atomic mass is 32.2. The molecule has 0 fully saturated rings. The number of aliphatic imine (C=N–C) groups is 1. The van der Waals surface area contributed by atoms with Crippen LogP contribution in [0.1, 0.15) is 5.56 Å². The Bertz CT molecular complexity index is 491. The minimum atomic E-state index is -3.62. The Morgan fingerprint density at radius 3 is 2.40 bits per heavy atom. The monoisotopic (exact) mass is 226 g/mol. The van der Waals surface area contributed by atoms with Crippen molar-refractivity contribution in [3.8, 4) is 0 Å². The molecule has 1 heterocycles. The summed E-state index contributed by atoms with van der Waals surface area (Å²) in [5.74, 6) is 0.552. The van der Waals surface area contributed by atoms with E-state index in [2.05, 4.69) is 4.99 Å². The minimum Gasteiger partial charge on any atom is -0.476 e. The molecule has 0 saturated heterocycles. The first-order chi connectivity index (χ1) is 7.07. The van der Waals surface area contributed by atoms with E-state index in [0.29, 0.717) is 19.0 Å². The zero-order chi connectivity index (χ0) is 10.9. The van der Waals surface area contributed by atoms with Gasteiger partial charge >= 0.3 is 0 Å². The fraction of sp³-hybridized carbons (Fsp3) is 0.222. The van der Waals surface area contributed by atoms with Gasteiger partial charge in [0.15, 0.2) is 0 Å². The molecular formula is C9H10N2O3S. The molecule has 1 aromatic rings. The molecule has 80 valence electrons. The minimum absolute atomic E-state index is 0.0878. The van der Waals surface area contributed by atoms with Crippen molar-refractivity contribution in [2.75, 3.05) is 13.2 Å². The van der Waals surface area contributed by atoms with Crippen LogP contribution in [0.25, 0.3) is 0 Å². The lowest BCUT2D eigenvalue weighted by Gasteiger charge is -2.02. The van der Waals surface area contributed by atoms with Crippen molar-refractivity contribution in [1.82, 2.24) is 0 Å². The van der Waals surface area contributed by atoms with Gasteiger partial charge in [-0.1, -0.05) is 0 Å². The van der Waals surface area contributed by atoms with Gasteiger partial charge in [-0.05, 0) is 24.3 Å². The van der Waals surface area contributed by atoms with E-state index in [4.69, 9.17) is 9.88 Å². The van der Waals surface area contributed by atoms with Crippen molar-refractivity contribution in [3.05, 3.63) is 29.8 Å². The van der Waals surface area contributed by atoms with Crippen molar-refractivity contribution < 1.29 is 13.2 Å². The molecule has 0 atom stereocenters. The van der Waals surface area contributed by atoms with Crippen LogP contribution in [0.3, 0.4) is 0 Å². The van der Waals surface area contributed by atoms with Crippen molar-refractivity contribution in [3.63, 3.8) is 0 Å². The molecule has 0 bridgehead atoms. The lowest BCUT2D eigenvalue weighted by atomic mass is 10.2. The van der Waals surface area contributed by atoms with Gasteiger partial charge < -0.3 is 4.74 Å². The van der Waals surface area contributed by atoms with Crippen LogP contribution in [0.5, 0.6) is 0 Å². The van der Waals surface area contributed by atoms with Gasteiger partial charge in [0.2, 0.25) is 15.9 Å². The van der Waals surface area contributed by atoms with Crippen molar-refractivity contribution >= 4 is 15.9 Å². The largest absolute Gasteiger partial charge is 0.476 e. The first-order valence-corrected chi connectivity index (χ1v) is 5.92. The molecule has 0 spiro atoms. The number of nitrogens with zero attached hydrogens (tertiary/aromatic N) is 1. The van der Waals surface area contributed by atoms with E-state index in [0.717, 1.165) is 5.56 Å². The topological polar surface area (TPSA) is 81.8 Å². The van der Waals surface area contributed by atoms with E-state index >= 15 is 0 Å². The van der Waals surface area contributed by atoms with E-state index in [1.165, 1.54) is 12.1 Å². The molecule has 0 unspecified atom stereocenters. The molecule has 0 saturated carbocycles. The van der Waals surface area contributed by atoms with Crippen molar-refractivity contribution in [2.24, 2.45) is 10.1 Å². The second-order valence-electron chi connectivity index (χ2n) is 3.10. The second kappa shape index (κ2) is 3.63. The summed E-state index contributed by atoms with van der Waals surface area (Å²) in [6, 6.07) is 6.14. The number of rotatable bonds is 2. The summed E-state index contributed by atoms with van der Waals surface area (Å²) in [6.45, 7) is 1.22. The van der Waals surface area contributed by atoms with Crippen LogP contribution in [0, 0.1) is 0 Å². The van der Waals surface area contributed by atoms with Crippen LogP contribution in [0.15, 0.2) is 34.2 Å². The molecule has 2 N–H and O–H groups in total. The van der Waals surface area contributed by atoms with Crippen LogP contribution in [0.2, 0.25) is 0 Å². The first kappa shape index (κ1) is 10.1. The molecule has 0 aromatic heterocycles. The Kier molecular flexibility index (Phi) is 2.45. The Balaban J connectivity index is 2.32. The molecule has 2 rings (SSSR count). The molecular weight excluding hydrogens is 216 g/mol. The molecule has 1 aliphatic rings. The Morgan fingerprint density at radius 2 is 1.93 bits per heavy atom. The first-order valence-electron chi connectivity index (χ1n) is 4.38. The maximum Gasteiger partial charge on any atom is 0.238 e. The molecule has 0 aliphatic carbocycles. The predicted molar refractivity (Wildman–Crippen MR) is 55.2 cm³/mol. The highest BCUT2D eigenvalue weighted by Gasteiger charge is 2.12. The molecule has 1 aromatic carbocycles. The standard InChI is InChI=1S/C9H10N2O3S/c10-15(12,13)8-3-1-7(2-4-8)9-11-5-6-14-9/h1-4H,5-6H2,(H2,10,12,13). The summed E-state index contributed by atoms with van der Waals surface area (Å²) in [4.78, 5) is 4.20. The molecule has 0 amide bonds. The van der Waals surface area contributed by atoms with E-state index in [-0.39, 0.29) is 4.90 Å². The van der Waals surface area contributed by atoms with Crippen LogP contribution < -0.4 is 5.14 Å². The lowest BCUT2D eigenvalue weighted by Crippen LogP contribution is -2.12. The Morgan fingerprint density at radius 1 is 1.27 bits per heavy atom. The highest BCUT2D eigenvalue weighted by Crippen LogP contribution is 2.12. The van der Waals surface area contributed by atoms with Gasteiger partial charge in [0, 0.05) is 5.56 Å². The summed E-state index contributed by atoms with van der Waals surface area (Å²) in [5, 5.41) is 4.97. The van der Waals surface area contributed by atoms with Gasteiger partial charge in [0.1, 0.15) is 6.61 Å². The molecule has 0 radical (unpaired) electrons. The average molecular weight is 226 g/mol. The predicted octanol–water partition coefficient (Wildman–Crippen LogP) is 0.111. The number of nitrogens with two attached hydrogens (primary N) is 1. The zero-order valence-corrected chi connectivity index (χ0v) is 8.70. The number of ether oxygens (including phenoxy) is 1. The van der Waals surface area contributed by atoms with Crippen molar-refractivity contribution in [1.29, 1.82) is 0 Å². The SMILES string of the molecule is NS(=O)(=O)c1ccc(C2=NCCO2)cc1. The fourth-order valence-electron chi connectivity index (χ4n) is 1.30. The van der Waals surface area contributed by atoms with Crippen LogP contribution in [-0.2, 0) is 14.8 Å². The smallest absolute Gasteiger partial charge is 0.238 e. The number of benzene rings is 1. The second-order valence-corrected chi connectivity index (χ2v) is 4.67. The average Bonchev–Trinajstić information content (AvgIpc) is 2.69. The maximum absolute atomic E-state index is 11.0. The van der Waals surface area contributed by atoms with Gasteiger partial charge in [0.25, 0.3) is 0 Å². The third-order valence-corrected chi connectivity index (χ3v) is 2.94. The van der Waals surface area contributed by atoms with E-state index in [9.17, 15) is 8.42 Å². The summed E-state index contributed by atoms with van der Waals surface area (Å²) in [6.07, 6.45) is 0. The normalized spacial score (nSPS) is 15.9. The Labute approximate surface area is 87.6 Å². The van der Waals surface area contributed by atoms with Crippen LogP contribution in [-0.4, -0.2) is 27.5 Å². The Hall–Kier alpha value is -1.40. The number of primary sulfonamides is 1. The molecule has 5 nitrogen and oxygen atoms in total. The van der Waals surface area contributed by atoms with E-state index in [1.807, 2.05) is 0 Å². The summed E-state index contributed by atoms with van der Waals surface area (Å²) in [7, 11) is -3.62. The maximum atomic E-state index is 11.0.